The zero-order valence-electron chi connectivity index (χ0n) is 17.7. The Morgan fingerprint density at radius 2 is 1.87 bits per heavy atom. The van der Waals surface area contributed by atoms with Gasteiger partial charge in [-0.15, -0.1) is 0 Å². The molecule has 5 rings (SSSR count). The van der Waals surface area contributed by atoms with Crippen LogP contribution in [0.15, 0.2) is 41.3 Å². The highest BCUT2D eigenvalue weighted by Gasteiger charge is 2.38. The number of aryl methyl sites for hydroxylation is 1. The number of sulfonamides is 1. The molecule has 1 aromatic heterocycles. The van der Waals surface area contributed by atoms with Gasteiger partial charge in [-0.1, -0.05) is 32.0 Å². The van der Waals surface area contributed by atoms with E-state index in [1.54, 1.807) is 10.4 Å². The number of aromatic amines is 1. The summed E-state index contributed by atoms with van der Waals surface area (Å²) in [5.74, 6) is 0.129. The zero-order valence-corrected chi connectivity index (χ0v) is 18.6. The molecule has 1 atom stereocenters. The van der Waals surface area contributed by atoms with Gasteiger partial charge in [-0.25, -0.2) is 8.42 Å². The van der Waals surface area contributed by atoms with E-state index < -0.39 is 10.0 Å². The highest BCUT2D eigenvalue weighted by molar-refractivity contribution is 7.93. The van der Waals surface area contributed by atoms with Crippen molar-refractivity contribution in [2.24, 2.45) is 5.41 Å². The Kier molecular flexibility index (Phi) is 4.00. The van der Waals surface area contributed by atoms with Crippen LogP contribution in [-0.4, -0.2) is 25.2 Å². The molecule has 0 saturated heterocycles. The Morgan fingerprint density at radius 3 is 2.63 bits per heavy atom. The lowest BCUT2D eigenvalue weighted by molar-refractivity contribution is 0.0913. The van der Waals surface area contributed by atoms with Crippen LogP contribution in [0.1, 0.15) is 54.4 Å². The number of fused-ring (bicyclic) bond motifs is 4. The fourth-order valence-corrected chi connectivity index (χ4v) is 7.12. The first-order valence-corrected chi connectivity index (χ1v) is 11.8. The van der Waals surface area contributed by atoms with Gasteiger partial charge in [-0.2, -0.15) is 0 Å². The highest BCUT2D eigenvalue weighted by Crippen LogP contribution is 2.41. The largest absolute Gasteiger partial charge is 0.358 e. The lowest BCUT2D eigenvalue weighted by Gasteiger charge is -2.28. The fraction of sp³-hybridized carbons (Fsp3) is 0.375. The van der Waals surface area contributed by atoms with Gasteiger partial charge in [0, 0.05) is 34.6 Å². The normalized spacial score (nSPS) is 20.5. The summed E-state index contributed by atoms with van der Waals surface area (Å²) in [7, 11) is -3.73. The van der Waals surface area contributed by atoms with Crippen LogP contribution in [0.4, 0.5) is 5.69 Å². The second kappa shape index (κ2) is 6.20. The summed E-state index contributed by atoms with van der Waals surface area (Å²) in [6.45, 7) is 7.94. The number of hydrogen-bond acceptors (Lipinski definition) is 3. The summed E-state index contributed by atoms with van der Waals surface area (Å²) in [5, 5.41) is 0.830. The molecule has 0 radical (unpaired) electrons. The molecule has 1 aliphatic heterocycles. The molecule has 5 nitrogen and oxygen atoms in total. The SMILES string of the molecule is Cc1cc2c3c([nH]c2cc1S(=O)(=O)N1c2ccccc2CC1C)CC(C)(C)CC3=O. The van der Waals surface area contributed by atoms with E-state index in [0.29, 0.717) is 23.3 Å². The Labute approximate surface area is 177 Å². The van der Waals surface area contributed by atoms with Gasteiger partial charge in [-0.05, 0) is 61.4 Å². The van der Waals surface area contributed by atoms with Crippen LogP contribution in [0.3, 0.4) is 0 Å². The number of anilines is 1. The Morgan fingerprint density at radius 1 is 1.13 bits per heavy atom. The summed E-state index contributed by atoms with van der Waals surface area (Å²) in [6.07, 6.45) is 1.99. The molecular formula is C24H26N2O3S. The average molecular weight is 423 g/mol. The molecule has 0 bridgehead atoms. The third-order valence-corrected chi connectivity index (χ3v) is 8.50. The minimum atomic E-state index is -3.73. The van der Waals surface area contributed by atoms with Gasteiger partial charge in [0.1, 0.15) is 0 Å². The lowest BCUT2D eigenvalue weighted by atomic mass is 9.76. The van der Waals surface area contributed by atoms with Crippen molar-refractivity contribution in [3.63, 3.8) is 0 Å². The van der Waals surface area contributed by atoms with Gasteiger partial charge >= 0.3 is 0 Å². The van der Waals surface area contributed by atoms with Crippen molar-refractivity contribution < 1.29 is 13.2 Å². The minimum Gasteiger partial charge on any atom is -0.358 e. The highest BCUT2D eigenvalue weighted by atomic mass is 32.2. The predicted molar refractivity (Wildman–Crippen MR) is 119 cm³/mol. The van der Waals surface area contributed by atoms with E-state index in [1.807, 2.05) is 44.2 Å². The minimum absolute atomic E-state index is 0.0936. The molecule has 2 aromatic carbocycles. The van der Waals surface area contributed by atoms with Crippen molar-refractivity contribution in [1.29, 1.82) is 0 Å². The van der Waals surface area contributed by atoms with Gasteiger partial charge < -0.3 is 4.98 Å². The maximum atomic E-state index is 13.7. The number of H-pyrrole nitrogens is 1. The van der Waals surface area contributed by atoms with Crippen LogP contribution in [0.25, 0.3) is 10.9 Å². The maximum Gasteiger partial charge on any atom is 0.264 e. The molecule has 3 aromatic rings. The quantitative estimate of drug-likeness (QED) is 0.647. The van der Waals surface area contributed by atoms with Crippen LogP contribution in [-0.2, 0) is 22.9 Å². The summed E-state index contributed by atoms with van der Waals surface area (Å²) >= 11 is 0. The second-order valence-corrected chi connectivity index (χ2v) is 11.3. The number of rotatable bonds is 2. The van der Waals surface area contributed by atoms with Crippen molar-refractivity contribution in [1.82, 2.24) is 4.98 Å². The Bertz CT molecular complexity index is 1320. The molecule has 30 heavy (non-hydrogen) atoms. The van der Waals surface area contributed by atoms with E-state index in [0.717, 1.165) is 39.8 Å². The first-order chi connectivity index (χ1) is 14.1. The molecule has 156 valence electrons. The number of carbonyl (C=O) groups excluding carboxylic acids is 1. The number of Topliss-reactive ketones (excluding diaryl/α,β-unsaturated/α-hetero) is 1. The smallest absolute Gasteiger partial charge is 0.264 e. The van der Waals surface area contributed by atoms with Crippen LogP contribution in [0, 0.1) is 12.3 Å². The predicted octanol–water partition coefficient (Wildman–Crippen LogP) is 4.77. The van der Waals surface area contributed by atoms with E-state index in [-0.39, 0.29) is 17.2 Å². The van der Waals surface area contributed by atoms with Crippen molar-refractivity contribution in [3.8, 4) is 0 Å². The monoisotopic (exact) mass is 422 g/mol. The standard InChI is InChI=1S/C24H26N2O3S/c1-14-9-17-18(25-19-12-24(3,4)13-21(27)23(17)19)11-22(14)30(28,29)26-15(2)10-16-7-5-6-8-20(16)26/h5-9,11,15,25H,10,12-13H2,1-4H3. The first-order valence-electron chi connectivity index (χ1n) is 10.4. The van der Waals surface area contributed by atoms with Gasteiger partial charge in [0.05, 0.1) is 10.6 Å². The molecule has 0 amide bonds. The molecule has 6 heteroatoms. The molecule has 2 heterocycles. The van der Waals surface area contributed by atoms with E-state index in [2.05, 4.69) is 18.8 Å². The van der Waals surface area contributed by atoms with Crippen LogP contribution >= 0.6 is 0 Å². The van der Waals surface area contributed by atoms with Gasteiger partial charge in [0.25, 0.3) is 10.0 Å². The van der Waals surface area contributed by atoms with E-state index in [9.17, 15) is 13.2 Å². The van der Waals surface area contributed by atoms with E-state index in [4.69, 9.17) is 0 Å². The second-order valence-electron chi connectivity index (χ2n) is 9.57. The van der Waals surface area contributed by atoms with Crippen LogP contribution in [0.2, 0.25) is 0 Å². The molecule has 0 spiro atoms. The van der Waals surface area contributed by atoms with Gasteiger partial charge in [-0.3, -0.25) is 9.10 Å². The summed E-state index contributed by atoms with van der Waals surface area (Å²) < 4.78 is 29.0. The molecule has 0 fully saturated rings. The van der Waals surface area contributed by atoms with Crippen molar-refractivity contribution in [3.05, 3.63) is 58.8 Å². The topological polar surface area (TPSA) is 70.2 Å². The number of para-hydroxylation sites is 1. The zero-order chi connectivity index (χ0) is 21.4. The summed E-state index contributed by atoms with van der Waals surface area (Å²) in [5.41, 5.74) is 4.75. The summed E-state index contributed by atoms with van der Waals surface area (Å²) in [6, 6.07) is 11.1. The maximum absolute atomic E-state index is 13.7. The molecule has 1 N–H and O–H groups in total. The Balaban J connectivity index is 1.67. The fourth-order valence-electron chi connectivity index (χ4n) is 5.19. The number of nitrogens with zero attached hydrogens (tertiary/aromatic N) is 1. The van der Waals surface area contributed by atoms with E-state index in [1.165, 1.54) is 0 Å². The molecule has 2 aliphatic rings. The number of hydrogen-bond donors (Lipinski definition) is 1. The third-order valence-electron chi connectivity index (χ3n) is 6.43. The van der Waals surface area contributed by atoms with Crippen LogP contribution < -0.4 is 4.31 Å². The molecular weight excluding hydrogens is 396 g/mol. The number of aromatic nitrogens is 1. The van der Waals surface area contributed by atoms with Gasteiger partial charge in [0.15, 0.2) is 5.78 Å². The van der Waals surface area contributed by atoms with Crippen molar-refractivity contribution in [2.45, 2.75) is 57.9 Å². The molecule has 1 unspecified atom stereocenters. The molecule has 1 aliphatic carbocycles. The number of carbonyl (C=O) groups is 1. The number of benzene rings is 2. The number of nitrogens with one attached hydrogen (secondary N) is 1. The van der Waals surface area contributed by atoms with E-state index >= 15 is 0 Å². The molecule has 0 saturated carbocycles. The van der Waals surface area contributed by atoms with Crippen molar-refractivity contribution >= 4 is 32.4 Å². The number of ketones is 1. The van der Waals surface area contributed by atoms with Gasteiger partial charge in [0.2, 0.25) is 0 Å². The average Bonchev–Trinajstić information content (AvgIpc) is 3.15. The van der Waals surface area contributed by atoms with Crippen LogP contribution in [0.5, 0.6) is 0 Å². The first kappa shape index (κ1) is 19.4. The Hall–Kier alpha value is -2.60. The summed E-state index contributed by atoms with van der Waals surface area (Å²) in [4.78, 5) is 16.5. The lowest BCUT2D eigenvalue weighted by Crippen LogP contribution is -2.36. The third kappa shape index (κ3) is 2.73. The van der Waals surface area contributed by atoms with Crippen molar-refractivity contribution in [2.75, 3.05) is 4.31 Å².